The molecule has 1 aromatic carbocycles. The van der Waals surface area contributed by atoms with Crippen molar-refractivity contribution in [1.29, 1.82) is 0 Å². The number of benzene rings is 1. The van der Waals surface area contributed by atoms with Crippen LogP contribution in [0.4, 0.5) is 16.2 Å². The van der Waals surface area contributed by atoms with Gasteiger partial charge >= 0.3 is 6.03 Å². The van der Waals surface area contributed by atoms with Gasteiger partial charge in [-0.05, 0) is 31.7 Å². The molecule has 0 unspecified atom stereocenters. The fraction of sp³-hybridized carbons (Fsp3) is 0.533. The van der Waals surface area contributed by atoms with Crippen molar-refractivity contribution in [3.63, 3.8) is 0 Å². The van der Waals surface area contributed by atoms with E-state index in [2.05, 4.69) is 17.6 Å². The van der Waals surface area contributed by atoms with Crippen molar-refractivity contribution in [2.45, 2.75) is 45.6 Å². The SMILES string of the molecule is Cc1c(NC(=O)N[C@H]2CCC[C@H](C)C2)cccc1[N+](=O)[O-]. The summed E-state index contributed by atoms with van der Waals surface area (Å²) in [6, 6.07) is 4.57. The van der Waals surface area contributed by atoms with Crippen molar-refractivity contribution >= 4 is 17.4 Å². The quantitative estimate of drug-likeness (QED) is 0.659. The molecular formula is C15H21N3O3. The molecule has 0 aromatic heterocycles. The molecule has 1 aliphatic rings. The Morgan fingerprint density at radius 1 is 1.38 bits per heavy atom. The molecule has 2 atom stereocenters. The highest BCUT2D eigenvalue weighted by molar-refractivity contribution is 5.90. The normalized spacial score (nSPS) is 21.6. The van der Waals surface area contributed by atoms with Gasteiger partial charge in [0.05, 0.1) is 16.2 Å². The molecule has 6 nitrogen and oxygen atoms in total. The van der Waals surface area contributed by atoms with Gasteiger partial charge in [-0.3, -0.25) is 10.1 Å². The minimum atomic E-state index is -0.443. The lowest BCUT2D eigenvalue weighted by molar-refractivity contribution is -0.385. The Morgan fingerprint density at radius 3 is 2.81 bits per heavy atom. The topological polar surface area (TPSA) is 84.3 Å². The van der Waals surface area contributed by atoms with Crippen LogP contribution in [0.15, 0.2) is 18.2 Å². The van der Waals surface area contributed by atoms with Crippen LogP contribution in [0.2, 0.25) is 0 Å². The Morgan fingerprint density at radius 2 is 2.14 bits per heavy atom. The molecule has 2 N–H and O–H groups in total. The minimum absolute atomic E-state index is 0.0130. The Hall–Kier alpha value is -2.11. The number of nitrogens with one attached hydrogen (secondary N) is 2. The maximum atomic E-state index is 12.0. The number of hydrogen-bond donors (Lipinski definition) is 2. The van der Waals surface area contributed by atoms with Crippen LogP contribution in [0.25, 0.3) is 0 Å². The fourth-order valence-corrected chi connectivity index (χ4v) is 2.87. The molecule has 6 heteroatoms. The van der Waals surface area contributed by atoms with Crippen LogP contribution in [0, 0.1) is 23.0 Å². The summed E-state index contributed by atoms with van der Waals surface area (Å²) in [4.78, 5) is 22.5. The lowest BCUT2D eigenvalue weighted by Gasteiger charge is -2.27. The molecule has 0 aliphatic heterocycles. The van der Waals surface area contributed by atoms with Gasteiger partial charge in [-0.2, -0.15) is 0 Å². The van der Waals surface area contributed by atoms with Gasteiger partial charge in [0, 0.05) is 12.1 Å². The zero-order chi connectivity index (χ0) is 15.4. The van der Waals surface area contributed by atoms with E-state index in [4.69, 9.17) is 0 Å². The van der Waals surface area contributed by atoms with Crippen molar-refractivity contribution in [2.75, 3.05) is 5.32 Å². The Bertz CT molecular complexity index is 545. The number of anilines is 1. The fourth-order valence-electron chi connectivity index (χ4n) is 2.87. The third kappa shape index (κ3) is 3.93. The van der Waals surface area contributed by atoms with E-state index in [0.717, 1.165) is 19.3 Å². The number of nitro benzene ring substituents is 1. The summed E-state index contributed by atoms with van der Waals surface area (Å²) in [5.41, 5.74) is 0.958. The first-order chi connectivity index (χ1) is 9.97. The molecule has 0 spiro atoms. The Kier molecular flexibility index (Phi) is 4.77. The number of carbonyl (C=O) groups excluding carboxylic acids is 1. The summed E-state index contributed by atoms with van der Waals surface area (Å²) in [7, 11) is 0. The summed E-state index contributed by atoms with van der Waals surface area (Å²) in [5.74, 6) is 0.628. The zero-order valence-electron chi connectivity index (χ0n) is 12.4. The maximum Gasteiger partial charge on any atom is 0.319 e. The molecule has 1 saturated carbocycles. The van der Waals surface area contributed by atoms with E-state index < -0.39 is 4.92 Å². The second-order valence-corrected chi connectivity index (χ2v) is 5.77. The van der Waals surface area contributed by atoms with Crippen molar-refractivity contribution in [3.8, 4) is 0 Å². The summed E-state index contributed by atoms with van der Waals surface area (Å²) in [6.07, 6.45) is 4.32. The van der Waals surface area contributed by atoms with Gasteiger partial charge in [0.15, 0.2) is 0 Å². The van der Waals surface area contributed by atoms with Crippen LogP contribution in [-0.2, 0) is 0 Å². The van der Waals surface area contributed by atoms with Gasteiger partial charge < -0.3 is 10.6 Å². The predicted molar refractivity (Wildman–Crippen MR) is 81.4 cm³/mol. The van der Waals surface area contributed by atoms with E-state index in [-0.39, 0.29) is 17.8 Å². The molecule has 2 amide bonds. The van der Waals surface area contributed by atoms with E-state index in [1.165, 1.54) is 12.5 Å². The molecule has 1 aliphatic carbocycles. The lowest BCUT2D eigenvalue weighted by Crippen LogP contribution is -2.40. The van der Waals surface area contributed by atoms with E-state index in [1.807, 2.05) is 0 Å². The minimum Gasteiger partial charge on any atom is -0.335 e. The summed E-state index contributed by atoms with van der Waals surface area (Å²) in [5, 5.41) is 16.6. The molecule has 0 saturated heterocycles. The van der Waals surface area contributed by atoms with Crippen LogP contribution in [0.5, 0.6) is 0 Å². The van der Waals surface area contributed by atoms with E-state index in [9.17, 15) is 14.9 Å². The lowest BCUT2D eigenvalue weighted by atomic mass is 9.87. The van der Waals surface area contributed by atoms with Crippen molar-refractivity contribution < 1.29 is 9.72 Å². The molecule has 21 heavy (non-hydrogen) atoms. The number of rotatable bonds is 3. The van der Waals surface area contributed by atoms with Crippen molar-refractivity contribution in [2.24, 2.45) is 5.92 Å². The van der Waals surface area contributed by atoms with Crippen LogP contribution in [0.1, 0.15) is 38.2 Å². The zero-order valence-corrected chi connectivity index (χ0v) is 12.4. The first-order valence-corrected chi connectivity index (χ1v) is 7.29. The van der Waals surface area contributed by atoms with Gasteiger partial charge in [-0.1, -0.05) is 25.8 Å². The molecule has 0 bridgehead atoms. The van der Waals surface area contributed by atoms with Gasteiger partial charge in [0.1, 0.15) is 0 Å². The van der Waals surface area contributed by atoms with E-state index >= 15 is 0 Å². The maximum absolute atomic E-state index is 12.0. The average molecular weight is 291 g/mol. The van der Waals surface area contributed by atoms with Gasteiger partial charge in [0.25, 0.3) is 5.69 Å². The molecule has 114 valence electrons. The van der Waals surface area contributed by atoms with Crippen LogP contribution in [-0.4, -0.2) is 17.0 Å². The molecule has 1 aromatic rings. The second-order valence-electron chi connectivity index (χ2n) is 5.77. The molecule has 0 radical (unpaired) electrons. The van der Waals surface area contributed by atoms with Crippen LogP contribution in [0.3, 0.4) is 0 Å². The van der Waals surface area contributed by atoms with E-state index in [1.54, 1.807) is 19.1 Å². The molecular weight excluding hydrogens is 270 g/mol. The highest BCUT2D eigenvalue weighted by Gasteiger charge is 2.21. The number of nitro groups is 1. The first-order valence-electron chi connectivity index (χ1n) is 7.29. The van der Waals surface area contributed by atoms with E-state index in [0.29, 0.717) is 17.2 Å². The smallest absolute Gasteiger partial charge is 0.319 e. The van der Waals surface area contributed by atoms with Gasteiger partial charge in [-0.15, -0.1) is 0 Å². The highest BCUT2D eigenvalue weighted by Crippen LogP contribution is 2.26. The standard InChI is InChI=1S/C15H21N3O3/c1-10-5-3-6-12(9-10)16-15(19)17-13-7-4-8-14(11(13)2)18(20)21/h4,7-8,10,12H,3,5-6,9H2,1-2H3,(H2,16,17,19)/t10-,12-/m0/s1. The number of amides is 2. The predicted octanol–water partition coefficient (Wildman–Crippen LogP) is 3.60. The number of hydrogen-bond acceptors (Lipinski definition) is 3. The Labute approximate surface area is 124 Å². The highest BCUT2D eigenvalue weighted by atomic mass is 16.6. The van der Waals surface area contributed by atoms with Gasteiger partial charge in [0.2, 0.25) is 0 Å². The molecule has 1 fully saturated rings. The number of nitrogens with zero attached hydrogens (tertiary/aromatic N) is 1. The summed E-state index contributed by atoms with van der Waals surface area (Å²) in [6.45, 7) is 3.83. The van der Waals surface area contributed by atoms with Gasteiger partial charge in [-0.25, -0.2) is 4.79 Å². The van der Waals surface area contributed by atoms with Crippen molar-refractivity contribution in [1.82, 2.24) is 5.32 Å². The number of carbonyl (C=O) groups is 1. The monoisotopic (exact) mass is 291 g/mol. The third-order valence-corrected chi connectivity index (χ3v) is 4.02. The second kappa shape index (κ2) is 6.56. The molecule has 2 rings (SSSR count). The largest absolute Gasteiger partial charge is 0.335 e. The van der Waals surface area contributed by atoms with Crippen LogP contribution < -0.4 is 10.6 Å². The Balaban J connectivity index is 1.99. The van der Waals surface area contributed by atoms with Crippen LogP contribution >= 0.6 is 0 Å². The first kappa shape index (κ1) is 15.3. The van der Waals surface area contributed by atoms with Crippen molar-refractivity contribution in [3.05, 3.63) is 33.9 Å². The average Bonchev–Trinajstić information content (AvgIpc) is 2.40. The summed E-state index contributed by atoms with van der Waals surface area (Å²) >= 11 is 0. The molecule has 0 heterocycles. The number of urea groups is 1. The summed E-state index contributed by atoms with van der Waals surface area (Å²) < 4.78 is 0. The third-order valence-electron chi connectivity index (χ3n) is 4.02.